The fourth-order valence-electron chi connectivity index (χ4n) is 3.95. The Labute approximate surface area is 195 Å². The van der Waals surface area contributed by atoms with Crippen LogP contribution in [0.1, 0.15) is 11.8 Å². The Morgan fingerprint density at radius 1 is 1.12 bits per heavy atom. The van der Waals surface area contributed by atoms with Crippen molar-refractivity contribution < 1.29 is 19.0 Å². The van der Waals surface area contributed by atoms with Gasteiger partial charge in [-0.3, -0.25) is 0 Å². The molecule has 1 aliphatic rings. The topological polar surface area (TPSA) is 77.0 Å². The van der Waals surface area contributed by atoms with Gasteiger partial charge in [0, 0.05) is 36.6 Å². The van der Waals surface area contributed by atoms with Crippen LogP contribution in [0.3, 0.4) is 0 Å². The number of hydrogen-bond donors (Lipinski definition) is 0. The molecule has 0 N–H and O–H groups in total. The van der Waals surface area contributed by atoms with Crippen molar-refractivity contribution in [2.45, 2.75) is 13.8 Å². The van der Waals surface area contributed by atoms with E-state index in [9.17, 15) is 4.79 Å². The normalized spacial score (nSPS) is 14.0. The van der Waals surface area contributed by atoms with Crippen molar-refractivity contribution >= 4 is 45.1 Å². The zero-order valence-electron chi connectivity index (χ0n) is 18.5. The Balaban J connectivity index is 1.76. The predicted octanol–water partition coefficient (Wildman–Crippen LogP) is 4.62. The highest BCUT2D eigenvalue weighted by Gasteiger charge is 2.27. The molecule has 10 heteroatoms. The summed E-state index contributed by atoms with van der Waals surface area (Å²) in [7, 11) is 3.24. The molecule has 1 aliphatic heterocycles. The smallest absolute Gasteiger partial charge is 0.409 e. The second kappa shape index (κ2) is 9.38. The first kappa shape index (κ1) is 22.4. The van der Waals surface area contributed by atoms with Crippen LogP contribution >= 0.6 is 22.9 Å². The van der Waals surface area contributed by atoms with Crippen LogP contribution in [-0.4, -0.2) is 68.0 Å². The van der Waals surface area contributed by atoms with E-state index in [2.05, 4.69) is 21.8 Å². The van der Waals surface area contributed by atoms with Gasteiger partial charge in [-0.1, -0.05) is 6.07 Å². The van der Waals surface area contributed by atoms with Crippen molar-refractivity contribution in [1.82, 2.24) is 14.9 Å². The number of ether oxygens (including phenoxy) is 3. The molecule has 0 spiro atoms. The second-order valence-electron chi connectivity index (χ2n) is 7.27. The Hall–Kier alpha value is -2.78. The number of aromatic nitrogens is 2. The lowest BCUT2D eigenvalue weighted by molar-refractivity contribution is 0.105. The number of carbonyl (C=O) groups excluding carboxylic acids is 1. The number of methoxy groups -OCH3 is 2. The number of hydrogen-bond acceptors (Lipinski definition) is 8. The molecule has 4 rings (SSSR count). The van der Waals surface area contributed by atoms with E-state index >= 15 is 0 Å². The fraction of sp³-hybridized carbons (Fsp3) is 0.409. The van der Waals surface area contributed by atoms with Crippen LogP contribution in [0.15, 0.2) is 18.2 Å². The quantitative estimate of drug-likeness (QED) is 0.497. The highest BCUT2D eigenvalue weighted by Crippen LogP contribution is 2.44. The number of nitrogens with zero attached hydrogens (tertiary/aromatic N) is 4. The molecule has 32 heavy (non-hydrogen) atoms. The molecule has 0 aliphatic carbocycles. The van der Waals surface area contributed by atoms with E-state index < -0.39 is 0 Å². The summed E-state index contributed by atoms with van der Waals surface area (Å²) in [4.78, 5) is 27.0. The van der Waals surface area contributed by atoms with Gasteiger partial charge in [0.1, 0.15) is 10.6 Å². The molecule has 170 valence electrons. The molecule has 1 fully saturated rings. The summed E-state index contributed by atoms with van der Waals surface area (Å²) in [6.45, 7) is 6.59. The summed E-state index contributed by atoms with van der Waals surface area (Å²) in [5.74, 6) is 2.10. The first-order valence-corrected chi connectivity index (χ1v) is 11.5. The Morgan fingerprint density at radius 3 is 2.50 bits per heavy atom. The van der Waals surface area contributed by atoms with E-state index in [0.29, 0.717) is 44.3 Å². The second-order valence-corrected chi connectivity index (χ2v) is 8.81. The van der Waals surface area contributed by atoms with Gasteiger partial charge in [0.2, 0.25) is 5.28 Å². The average molecular weight is 477 g/mol. The molecule has 2 aromatic heterocycles. The Morgan fingerprint density at radius 2 is 1.84 bits per heavy atom. The SMILES string of the molecule is CCOC(=O)N1CCN(c2nc(Cl)nc3sc(C)c(-c4ccc(OC)c(OC)c4)c23)CC1. The fourth-order valence-corrected chi connectivity index (χ4v) is 5.21. The number of rotatable bonds is 5. The van der Waals surface area contributed by atoms with Crippen LogP contribution < -0.4 is 14.4 Å². The van der Waals surface area contributed by atoms with E-state index in [0.717, 1.165) is 32.0 Å². The van der Waals surface area contributed by atoms with Crippen molar-refractivity contribution in [3.63, 3.8) is 0 Å². The standard InChI is InChI=1S/C22H25ClN4O4S/c1-5-31-22(28)27-10-8-26(9-11-27)19-18-17(13(2)32-20(18)25-21(23)24-19)14-6-7-15(29-3)16(12-14)30-4/h6-7,12H,5,8-11H2,1-4H3. The highest BCUT2D eigenvalue weighted by atomic mass is 35.5. The van der Waals surface area contributed by atoms with Crippen molar-refractivity contribution in [2.24, 2.45) is 0 Å². The van der Waals surface area contributed by atoms with E-state index in [1.54, 1.807) is 30.5 Å². The molecule has 0 bridgehead atoms. The zero-order valence-corrected chi connectivity index (χ0v) is 20.0. The first-order valence-electron chi connectivity index (χ1n) is 10.3. The van der Waals surface area contributed by atoms with Crippen molar-refractivity contribution in [3.8, 4) is 22.6 Å². The molecule has 1 saturated heterocycles. The van der Waals surface area contributed by atoms with Crippen LogP contribution in [0.2, 0.25) is 5.28 Å². The summed E-state index contributed by atoms with van der Waals surface area (Å²) in [5, 5.41) is 1.16. The summed E-state index contributed by atoms with van der Waals surface area (Å²) in [5.41, 5.74) is 2.04. The maximum Gasteiger partial charge on any atom is 0.409 e. The van der Waals surface area contributed by atoms with E-state index in [1.807, 2.05) is 25.1 Å². The number of halogens is 1. The van der Waals surface area contributed by atoms with E-state index in [-0.39, 0.29) is 11.4 Å². The minimum Gasteiger partial charge on any atom is -0.493 e. The molecule has 1 amide bonds. The molecule has 0 unspecified atom stereocenters. The number of piperazine rings is 1. The number of anilines is 1. The average Bonchev–Trinajstić information content (AvgIpc) is 3.13. The number of thiophene rings is 1. The molecule has 8 nitrogen and oxygen atoms in total. The molecule has 0 atom stereocenters. The van der Waals surface area contributed by atoms with Gasteiger partial charge >= 0.3 is 6.09 Å². The maximum absolute atomic E-state index is 12.1. The van der Waals surface area contributed by atoms with Gasteiger partial charge in [0.25, 0.3) is 0 Å². The van der Waals surface area contributed by atoms with Crippen LogP contribution in [-0.2, 0) is 4.74 Å². The number of benzene rings is 1. The van der Waals surface area contributed by atoms with E-state index in [1.165, 1.54) is 0 Å². The summed E-state index contributed by atoms with van der Waals surface area (Å²) in [6, 6.07) is 5.86. The first-order chi connectivity index (χ1) is 15.5. The van der Waals surface area contributed by atoms with Gasteiger partial charge in [0.05, 0.1) is 26.2 Å². The summed E-state index contributed by atoms with van der Waals surface area (Å²) < 4.78 is 16.0. The highest BCUT2D eigenvalue weighted by molar-refractivity contribution is 7.19. The van der Waals surface area contributed by atoms with Crippen molar-refractivity contribution in [3.05, 3.63) is 28.4 Å². The third-order valence-electron chi connectivity index (χ3n) is 5.46. The number of amides is 1. The molecule has 0 saturated carbocycles. The third kappa shape index (κ3) is 4.14. The zero-order chi connectivity index (χ0) is 22.8. The minimum atomic E-state index is -0.282. The van der Waals surface area contributed by atoms with Crippen LogP contribution in [0.4, 0.5) is 10.6 Å². The van der Waals surface area contributed by atoms with Gasteiger partial charge in [-0.05, 0) is 43.1 Å². The summed E-state index contributed by atoms with van der Waals surface area (Å²) >= 11 is 7.88. The molecule has 3 aromatic rings. The molecule has 0 radical (unpaired) electrons. The monoisotopic (exact) mass is 476 g/mol. The van der Waals surface area contributed by atoms with Crippen LogP contribution in [0, 0.1) is 6.92 Å². The number of fused-ring (bicyclic) bond motifs is 1. The molecule has 3 heterocycles. The Kier molecular flexibility index (Phi) is 6.57. The predicted molar refractivity (Wildman–Crippen MR) is 127 cm³/mol. The lowest BCUT2D eigenvalue weighted by atomic mass is 10.0. The molecular weight excluding hydrogens is 452 g/mol. The van der Waals surface area contributed by atoms with E-state index in [4.69, 9.17) is 25.8 Å². The van der Waals surface area contributed by atoms with Crippen molar-refractivity contribution in [1.29, 1.82) is 0 Å². The van der Waals surface area contributed by atoms with Gasteiger partial charge < -0.3 is 24.0 Å². The molecular formula is C22H25ClN4O4S. The van der Waals surface area contributed by atoms with Crippen LogP contribution in [0.25, 0.3) is 21.3 Å². The van der Waals surface area contributed by atoms with Gasteiger partial charge in [-0.25, -0.2) is 9.78 Å². The van der Waals surface area contributed by atoms with Gasteiger partial charge in [-0.2, -0.15) is 4.98 Å². The van der Waals surface area contributed by atoms with Crippen molar-refractivity contribution in [2.75, 3.05) is 51.9 Å². The van der Waals surface area contributed by atoms with Gasteiger partial charge in [-0.15, -0.1) is 11.3 Å². The summed E-state index contributed by atoms with van der Waals surface area (Å²) in [6.07, 6.45) is -0.282. The minimum absolute atomic E-state index is 0.209. The Bertz CT molecular complexity index is 1140. The molecule has 1 aromatic carbocycles. The third-order valence-corrected chi connectivity index (χ3v) is 6.63. The lowest BCUT2D eigenvalue weighted by Crippen LogP contribution is -2.49. The number of aryl methyl sites for hydroxylation is 1. The van der Waals surface area contributed by atoms with Crippen LogP contribution in [0.5, 0.6) is 11.5 Å². The van der Waals surface area contributed by atoms with Gasteiger partial charge in [0.15, 0.2) is 11.5 Å². The largest absolute Gasteiger partial charge is 0.493 e. The lowest BCUT2D eigenvalue weighted by Gasteiger charge is -2.35. The maximum atomic E-state index is 12.1. The number of carbonyl (C=O) groups is 1.